The van der Waals surface area contributed by atoms with Gasteiger partial charge in [-0.05, 0) is 24.6 Å². The number of nitro benzene ring substituents is 2. The predicted molar refractivity (Wildman–Crippen MR) is 110 cm³/mol. The maximum Gasteiger partial charge on any atom is 0.277 e. The van der Waals surface area contributed by atoms with E-state index in [0.29, 0.717) is 22.3 Å². The highest BCUT2D eigenvalue weighted by Crippen LogP contribution is 2.25. The molecule has 0 saturated carbocycles. The topological polar surface area (TPSA) is 133 Å². The van der Waals surface area contributed by atoms with E-state index in [0.717, 1.165) is 23.8 Å². The molecule has 30 heavy (non-hydrogen) atoms. The SMILES string of the molecule is Cc1cc(NC(=O)c2cc([N+](=O)[O-])cc([N+](=O)[O-])c2)nn1Cc1ccc(Cl)cc1Cl. The van der Waals surface area contributed by atoms with Crippen LogP contribution in [0.25, 0.3) is 0 Å². The second-order valence-electron chi connectivity index (χ2n) is 6.27. The number of hydrogen-bond acceptors (Lipinski definition) is 6. The van der Waals surface area contributed by atoms with Gasteiger partial charge in [0.15, 0.2) is 5.82 Å². The number of rotatable bonds is 6. The third-order valence-corrected chi connectivity index (χ3v) is 4.73. The molecule has 0 aliphatic carbocycles. The van der Waals surface area contributed by atoms with Gasteiger partial charge >= 0.3 is 0 Å². The minimum absolute atomic E-state index is 0.178. The Labute approximate surface area is 179 Å². The first-order valence-electron chi connectivity index (χ1n) is 8.37. The van der Waals surface area contributed by atoms with Crippen LogP contribution >= 0.6 is 23.2 Å². The number of aromatic nitrogens is 2. The van der Waals surface area contributed by atoms with Gasteiger partial charge < -0.3 is 5.32 Å². The van der Waals surface area contributed by atoms with Gasteiger partial charge in [-0.25, -0.2) is 0 Å². The van der Waals surface area contributed by atoms with Gasteiger partial charge in [0.05, 0.1) is 28.0 Å². The molecule has 0 aliphatic heterocycles. The van der Waals surface area contributed by atoms with Gasteiger partial charge in [0.25, 0.3) is 17.3 Å². The zero-order valence-electron chi connectivity index (χ0n) is 15.3. The van der Waals surface area contributed by atoms with Gasteiger partial charge in [-0.2, -0.15) is 5.10 Å². The first-order chi connectivity index (χ1) is 14.1. The third kappa shape index (κ3) is 4.73. The Hall–Kier alpha value is -3.50. The van der Waals surface area contributed by atoms with Crippen LogP contribution in [0.5, 0.6) is 0 Å². The molecule has 10 nitrogen and oxygen atoms in total. The summed E-state index contributed by atoms with van der Waals surface area (Å²) in [6, 6.07) is 9.35. The minimum atomic E-state index is -0.807. The number of amides is 1. The molecule has 1 heterocycles. The van der Waals surface area contributed by atoms with Crippen molar-refractivity contribution in [1.82, 2.24) is 9.78 Å². The fourth-order valence-corrected chi connectivity index (χ4v) is 3.14. The summed E-state index contributed by atoms with van der Waals surface area (Å²) in [4.78, 5) is 32.9. The van der Waals surface area contributed by atoms with Crippen molar-refractivity contribution < 1.29 is 14.6 Å². The molecule has 0 spiro atoms. The average molecular weight is 450 g/mol. The molecule has 3 rings (SSSR count). The summed E-state index contributed by atoms with van der Waals surface area (Å²) < 4.78 is 1.60. The van der Waals surface area contributed by atoms with Gasteiger partial charge in [0.2, 0.25) is 0 Å². The van der Waals surface area contributed by atoms with Gasteiger partial charge in [0, 0.05) is 33.9 Å². The van der Waals surface area contributed by atoms with Crippen LogP contribution in [0.4, 0.5) is 17.2 Å². The number of hydrogen-bond donors (Lipinski definition) is 1. The Morgan fingerprint density at radius 3 is 2.27 bits per heavy atom. The number of halogens is 2. The first kappa shape index (κ1) is 21.2. The molecule has 2 aromatic carbocycles. The lowest BCUT2D eigenvalue weighted by Gasteiger charge is -2.07. The molecule has 0 aliphatic rings. The van der Waals surface area contributed by atoms with E-state index in [2.05, 4.69) is 10.4 Å². The number of carbonyl (C=O) groups excluding carboxylic acids is 1. The minimum Gasteiger partial charge on any atom is -0.305 e. The number of carbonyl (C=O) groups is 1. The fourth-order valence-electron chi connectivity index (χ4n) is 2.67. The molecule has 154 valence electrons. The maximum absolute atomic E-state index is 12.5. The molecule has 1 N–H and O–H groups in total. The second kappa shape index (κ2) is 8.47. The number of benzene rings is 2. The molecule has 12 heteroatoms. The first-order valence-corrected chi connectivity index (χ1v) is 9.13. The van der Waals surface area contributed by atoms with Gasteiger partial charge in [-0.1, -0.05) is 29.3 Å². The number of nitrogens with one attached hydrogen (secondary N) is 1. The summed E-state index contributed by atoms with van der Waals surface area (Å²) >= 11 is 12.1. The molecule has 1 amide bonds. The summed E-state index contributed by atoms with van der Waals surface area (Å²) in [7, 11) is 0. The maximum atomic E-state index is 12.5. The van der Waals surface area contributed by atoms with Crippen molar-refractivity contribution in [2.24, 2.45) is 0 Å². The summed E-state index contributed by atoms with van der Waals surface area (Å²) in [5.41, 5.74) is 0.117. The van der Waals surface area contributed by atoms with E-state index < -0.39 is 27.1 Å². The second-order valence-corrected chi connectivity index (χ2v) is 7.11. The predicted octanol–water partition coefficient (Wildman–Crippen LogP) is 4.62. The molecule has 0 saturated heterocycles. The van der Waals surface area contributed by atoms with Crippen molar-refractivity contribution in [1.29, 1.82) is 0 Å². The van der Waals surface area contributed by atoms with E-state index in [-0.39, 0.29) is 11.4 Å². The van der Waals surface area contributed by atoms with E-state index >= 15 is 0 Å². The Balaban J connectivity index is 1.83. The van der Waals surface area contributed by atoms with E-state index in [1.165, 1.54) is 0 Å². The molecule has 0 atom stereocenters. The van der Waals surface area contributed by atoms with E-state index in [4.69, 9.17) is 23.2 Å². The van der Waals surface area contributed by atoms with E-state index in [1.54, 1.807) is 35.9 Å². The zero-order chi connectivity index (χ0) is 22.0. The van der Waals surface area contributed by atoms with Crippen LogP contribution in [-0.2, 0) is 6.54 Å². The summed E-state index contributed by atoms with van der Waals surface area (Å²) in [6.07, 6.45) is 0. The van der Waals surface area contributed by atoms with Crippen LogP contribution in [-0.4, -0.2) is 25.5 Å². The lowest BCUT2D eigenvalue weighted by atomic mass is 10.1. The lowest BCUT2D eigenvalue weighted by Crippen LogP contribution is -2.13. The van der Waals surface area contributed by atoms with Crippen LogP contribution in [0, 0.1) is 27.2 Å². The van der Waals surface area contributed by atoms with Crippen LogP contribution < -0.4 is 5.32 Å². The molecular weight excluding hydrogens is 437 g/mol. The van der Waals surface area contributed by atoms with Crippen LogP contribution in [0.2, 0.25) is 10.0 Å². The number of non-ortho nitro benzene ring substituents is 2. The third-order valence-electron chi connectivity index (χ3n) is 4.14. The standard InChI is InChI=1S/C18H13Cl2N5O5/c1-10-4-17(22-23(10)9-11-2-3-13(19)7-16(11)20)21-18(26)12-5-14(24(27)28)8-15(6-12)25(29)30/h2-8H,9H2,1H3,(H,21,22,26). The lowest BCUT2D eigenvalue weighted by molar-refractivity contribution is -0.394. The van der Waals surface area contributed by atoms with Crippen molar-refractivity contribution in [2.75, 3.05) is 5.32 Å². The molecule has 1 aromatic heterocycles. The monoisotopic (exact) mass is 449 g/mol. The van der Waals surface area contributed by atoms with Gasteiger partial charge in [-0.15, -0.1) is 0 Å². The van der Waals surface area contributed by atoms with E-state index in [9.17, 15) is 25.0 Å². The van der Waals surface area contributed by atoms with Crippen LogP contribution in [0.3, 0.4) is 0 Å². The Morgan fingerprint density at radius 2 is 1.70 bits per heavy atom. The van der Waals surface area contributed by atoms with Gasteiger partial charge in [0.1, 0.15) is 0 Å². The highest BCUT2D eigenvalue weighted by atomic mass is 35.5. The van der Waals surface area contributed by atoms with E-state index in [1.807, 2.05) is 0 Å². The number of aryl methyl sites for hydroxylation is 1. The number of nitro groups is 2. The molecule has 3 aromatic rings. The quantitative estimate of drug-likeness (QED) is 0.431. The summed E-state index contributed by atoms with van der Waals surface area (Å²) in [5.74, 6) is -0.590. The smallest absolute Gasteiger partial charge is 0.277 e. The summed E-state index contributed by atoms with van der Waals surface area (Å²) in [5, 5.41) is 29.7. The van der Waals surface area contributed by atoms with Crippen LogP contribution in [0.1, 0.15) is 21.6 Å². The van der Waals surface area contributed by atoms with Crippen molar-refractivity contribution in [3.05, 3.63) is 89.6 Å². The molecule has 0 unspecified atom stereocenters. The highest BCUT2D eigenvalue weighted by molar-refractivity contribution is 6.35. The molecule has 0 bridgehead atoms. The Kier molecular flexibility index (Phi) is 5.99. The normalized spacial score (nSPS) is 10.6. The largest absolute Gasteiger partial charge is 0.305 e. The number of anilines is 1. The van der Waals surface area contributed by atoms with Crippen LogP contribution in [0.15, 0.2) is 42.5 Å². The number of nitrogens with zero attached hydrogens (tertiary/aromatic N) is 4. The highest BCUT2D eigenvalue weighted by Gasteiger charge is 2.20. The van der Waals surface area contributed by atoms with Crippen molar-refractivity contribution >= 4 is 46.3 Å². The Morgan fingerprint density at radius 1 is 1.07 bits per heavy atom. The molecular formula is C18H13Cl2N5O5. The van der Waals surface area contributed by atoms with Crippen molar-refractivity contribution in [3.63, 3.8) is 0 Å². The fraction of sp³-hybridized carbons (Fsp3) is 0.111. The summed E-state index contributed by atoms with van der Waals surface area (Å²) in [6.45, 7) is 2.09. The van der Waals surface area contributed by atoms with Gasteiger partial charge in [-0.3, -0.25) is 29.7 Å². The molecule has 0 radical (unpaired) electrons. The van der Waals surface area contributed by atoms with Crippen molar-refractivity contribution in [2.45, 2.75) is 13.5 Å². The average Bonchev–Trinajstić information content (AvgIpc) is 3.02. The Bertz CT molecular complexity index is 1150. The zero-order valence-corrected chi connectivity index (χ0v) is 16.8. The van der Waals surface area contributed by atoms with Crippen molar-refractivity contribution in [3.8, 4) is 0 Å². The molecule has 0 fully saturated rings.